The molecule has 5 fully saturated rings. The fourth-order valence-corrected chi connectivity index (χ4v) is 10.3. The van der Waals surface area contributed by atoms with Gasteiger partial charge in [-0.25, -0.2) is 9.48 Å². The molecule has 1 aromatic rings. The molecule has 4 saturated heterocycles. The first-order chi connectivity index (χ1) is 21.1. The number of carbonyl (C=O) groups is 4. The van der Waals surface area contributed by atoms with E-state index in [4.69, 9.17) is 0 Å². The summed E-state index contributed by atoms with van der Waals surface area (Å²) in [5, 5.41) is 30.9. The number of hydrogen-bond acceptors (Lipinski definition) is 10. The van der Waals surface area contributed by atoms with Crippen LogP contribution in [0.5, 0.6) is 0 Å². The third kappa shape index (κ3) is 5.19. The molecule has 0 radical (unpaired) electrons. The van der Waals surface area contributed by atoms with Gasteiger partial charge in [-0.2, -0.15) is 0 Å². The first-order valence-electron chi connectivity index (χ1n) is 15.9. The molecule has 7 rings (SSSR count). The Morgan fingerprint density at radius 3 is 2.84 bits per heavy atom. The Hall–Kier alpha value is -3.04. The number of hydrogen-bond donors (Lipinski definition) is 4. The Morgan fingerprint density at radius 1 is 1.23 bits per heavy atom. The van der Waals surface area contributed by atoms with Crippen molar-refractivity contribution in [3.63, 3.8) is 0 Å². The van der Waals surface area contributed by atoms with E-state index >= 15 is 0 Å². The molecule has 6 aliphatic rings. The van der Waals surface area contributed by atoms with Crippen molar-refractivity contribution >= 4 is 35.5 Å². The normalized spacial score (nSPS) is 36.9. The van der Waals surface area contributed by atoms with Crippen molar-refractivity contribution in [2.75, 3.05) is 26.2 Å². The number of thioether (sulfide) groups is 1. The number of likely N-dealkylation sites (tertiary alicyclic amines) is 1. The van der Waals surface area contributed by atoms with Crippen LogP contribution in [0.3, 0.4) is 0 Å². The van der Waals surface area contributed by atoms with E-state index < -0.39 is 17.9 Å². The molecule has 1 aliphatic carbocycles. The van der Waals surface area contributed by atoms with Gasteiger partial charge in [0.1, 0.15) is 18.6 Å². The Labute approximate surface area is 260 Å². The second-order valence-corrected chi connectivity index (χ2v) is 15.1. The number of rotatable bonds is 8. The Morgan fingerprint density at radius 2 is 2.07 bits per heavy atom. The van der Waals surface area contributed by atoms with Crippen LogP contribution in [-0.4, -0.2) is 114 Å². The largest absolute Gasteiger partial charge is 0.477 e. The van der Waals surface area contributed by atoms with Crippen LogP contribution in [0, 0.1) is 23.2 Å². The van der Waals surface area contributed by atoms with Crippen molar-refractivity contribution in [2.24, 2.45) is 23.2 Å². The average molecular weight is 628 g/mol. The van der Waals surface area contributed by atoms with Crippen LogP contribution in [0.4, 0.5) is 0 Å². The monoisotopic (exact) mass is 627 g/mol. The van der Waals surface area contributed by atoms with Crippen molar-refractivity contribution in [3.8, 4) is 0 Å². The van der Waals surface area contributed by atoms with Crippen molar-refractivity contribution in [1.29, 1.82) is 0 Å². The lowest BCUT2D eigenvalue weighted by Gasteiger charge is -2.47. The molecule has 1 aromatic heterocycles. The molecule has 14 nitrogen and oxygen atoms in total. The van der Waals surface area contributed by atoms with Crippen LogP contribution < -0.4 is 16.0 Å². The highest BCUT2D eigenvalue weighted by molar-refractivity contribution is 8.03. The number of nitrogens with one attached hydrogen (secondary N) is 3. The number of carboxylic acid groups (broad SMARTS) is 1. The fraction of sp³-hybridized carbons (Fsp3) is 0.759. The Kier molecular flexibility index (Phi) is 7.68. The second kappa shape index (κ2) is 11.4. The van der Waals surface area contributed by atoms with Gasteiger partial charge in [0, 0.05) is 47.8 Å². The zero-order chi connectivity index (χ0) is 30.7. The number of aliphatic carboxylic acids is 1. The fourth-order valence-electron chi connectivity index (χ4n) is 8.77. The van der Waals surface area contributed by atoms with Gasteiger partial charge in [0.2, 0.25) is 17.7 Å². The molecule has 3 unspecified atom stereocenters. The maximum absolute atomic E-state index is 13.6. The summed E-state index contributed by atoms with van der Waals surface area (Å²) in [6, 6.07) is -0.540. The van der Waals surface area contributed by atoms with E-state index in [0.717, 1.165) is 38.4 Å². The maximum atomic E-state index is 13.6. The van der Waals surface area contributed by atoms with Crippen LogP contribution in [0.1, 0.15) is 52.4 Å². The van der Waals surface area contributed by atoms with Crippen LogP contribution in [0.2, 0.25) is 0 Å². The lowest BCUT2D eigenvalue weighted by atomic mass is 9.78. The summed E-state index contributed by atoms with van der Waals surface area (Å²) in [4.78, 5) is 56.0. The molecule has 6 heterocycles. The van der Waals surface area contributed by atoms with E-state index in [9.17, 15) is 24.3 Å². The highest BCUT2D eigenvalue weighted by Crippen LogP contribution is 2.52. The summed E-state index contributed by atoms with van der Waals surface area (Å²) in [6.45, 7) is 7.03. The van der Waals surface area contributed by atoms with Gasteiger partial charge in [-0.1, -0.05) is 6.92 Å². The number of amides is 3. The zero-order valence-electron chi connectivity index (χ0n) is 25.1. The molecule has 1 spiro atoms. The molecule has 15 heteroatoms. The quantitative estimate of drug-likeness (QED) is 0.281. The van der Waals surface area contributed by atoms with Crippen molar-refractivity contribution in [2.45, 2.75) is 88.3 Å². The van der Waals surface area contributed by atoms with Crippen molar-refractivity contribution in [3.05, 3.63) is 16.9 Å². The second-order valence-electron chi connectivity index (χ2n) is 13.8. The minimum absolute atomic E-state index is 0.0193. The average Bonchev–Trinajstić information content (AvgIpc) is 3.79. The topological polar surface area (TPSA) is 175 Å². The number of fused-ring (bicyclic) bond motifs is 3. The van der Waals surface area contributed by atoms with E-state index in [0.29, 0.717) is 23.9 Å². The molecular formula is C29H41N9O5S. The molecule has 1 saturated carbocycles. The third-order valence-corrected chi connectivity index (χ3v) is 12.4. The van der Waals surface area contributed by atoms with E-state index in [1.54, 1.807) is 6.92 Å². The molecule has 238 valence electrons. The number of tetrazole rings is 1. The highest BCUT2D eigenvalue weighted by atomic mass is 32.2. The zero-order valence-corrected chi connectivity index (χ0v) is 26.0. The molecular weight excluding hydrogens is 586 g/mol. The van der Waals surface area contributed by atoms with Gasteiger partial charge in [-0.05, 0) is 73.8 Å². The minimum Gasteiger partial charge on any atom is -0.477 e. The molecule has 5 aliphatic heterocycles. The molecule has 3 amide bonds. The lowest BCUT2D eigenvalue weighted by molar-refractivity contribution is -0.158. The van der Waals surface area contributed by atoms with E-state index in [1.165, 1.54) is 46.9 Å². The SMILES string of the molecule is C[C@@H](NC(=O)Cn1cnnn1)[C@H]1C(=O)N2C(C(=O)O)=C(S[C@@H]3CN[C@H](C(=O)N4CCC5(CCC6CNC(C6)C5)C4)C3)[C@H](C)[C@H]12. The Balaban J connectivity index is 0.968. The summed E-state index contributed by atoms with van der Waals surface area (Å²) in [5.74, 6) is -1.57. The van der Waals surface area contributed by atoms with Crippen molar-refractivity contribution < 1.29 is 24.3 Å². The summed E-state index contributed by atoms with van der Waals surface area (Å²) in [6.07, 6.45) is 7.91. The predicted molar refractivity (Wildman–Crippen MR) is 159 cm³/mol. The van der Waals surface area contributed by atoms with Gasteiger partial charge in [0.25, 0.3) is 0 Å². The first kappa shape index (κ1) is 29.7. The van der Waals surface area contributed by atoms with Crippen LogP contribution in [0.25, 0.3) is 0 Å². The lowest BCUT2D eigenvalue weighted by Crippen LogP contribution is -2.66. The standard InChI is InChI=1S/C29H41N9O5S/c1-15-23-22(16(2)33-21(39)12-37-14-32-34-35-37)27(41)38(23)24(28(42)43)25(15)44-19-8-20(31-11-19)26(40)36-6-5-29(13-36)4-3-17-7-18(9-29)30-10-17/h14-20,22-23,30-31H,3-13H2,1-2H3,(H,33,39)(H,42,43)/t15-,16-,17?,18?,19+,20+,22-,23-,29?/m1/s1. The van der Waals surface area contributed by atoms with Gasteiger partial charge < -0.3 is 30.9 Å². The van der Waals surface area contributed by atoms with E-state index in [1.807, 2.05) is 6.92 Å². The summed E-state index contributed by atoms with van der Waals surface area (Å²) in [7, 11) is 0. The number of carbonyl (C=O) groups excluding carboxylic acids is 3. The number of aromatic nitrogens is 4. The number of β-lactam (4-membered cyclic amide) rings is 1. The molecule has 44 heavy (non-hydrogen) atoms. The van der Waals surface area contributed by atoms with E-state index in [-0.39, 0.29) is 58.6 Å². The molecule has 9 atom stereocenters. The summed E-state index contributed by atoms with van der Waals surface area (Å²) < 4.78 is 1.29. The van der Waals surface area contributed by atoms with E-state index in [2.05, 4.69) is 36.4 Å². The Bertz CT molecular complexity index is 1370. The first-order valence-corrected chi connectivity index (χ1v) is 16.7. The van der Waals surface area contributed by atoms with Crippen LogP contribution in [-0.2, 0) is 25.7 Å². The predicted octanol–water partition coefficient (Wildman–Crippen LogP) is -0.205. The van der Waals surface area contributed by atoms with Crippen LogP contribution in [0.15, 0.2) is 16.9 Å². The third-order valence-electron chi connectivity index (χ3n) is 10.9. The van der Waals surface area contributed by atoms with Gasteiger partial charge >= 0.3 is 5.97 Å². The van der Waals surface area contributed by atoms with Gasteiger partial charge in [0.05, 0.1) is 18.0 Å². The van der Waals surface area contributed by atoms with Crippen LogP contribution >= 0.6 is 11.8 Å². The summed E-state index contributed by atoms with van der Waals surface area (Å²) >= 11 is 1.49. The minimum atomic E-state index is -1.13. The summed E-state index contributed by atoms with van der Waals surface area (Å²) in [5.41, 5.74) is 0.269. The maximum Gasteiger partial charge on any atom is 0.353 e. The molecule has 0 aromatic carbocycles. The number of carboxylic acids is 1. The highest BCUT2D eigenvalue weighted by Gasteiger charge is 2.60. The van der Waals surface area contributed by atoms with Gasteiger partial charge in [-0.15, -0.1) is 16.9 Å². The molecule has 2 bridgehead atoms. The van der Waals surface area contributed by atoms with Gasteiger partial charge in [-0.3, -0.25) is 14.4 Å². The van der Waals surface area contributed by atoms with Gasteiger partial charge in [0.15, 0.2) is 0 Å². The van der Waals surface area contributed by atoms with Crippen molar-refractivity contribution in [1.82, 2.24) is 46.0 Å². The number of nitrogens with zero attached hydrogens (tertiary/aromatic N) is 6. The smallest absolute Gasteiger partial charge is 0.353 e. The molecule has 4 N–H and O–H groups in total.